The zero-order chi connectivity index (χ0) is 20.6. The molecule has 29 heavy (non-hydrogen) atoms. The molecule has 4 nitrogen and oxygen atoms in total. The summed E-state index contributed by atoms with van der Waals surface area (Å²) in [6.07, 6.45) is 3.10. The van der Waals surface area contributed by atoms with E-state index >= 15 is 0 Å². The van der Waals surface area contributed by atoms with E-state index in [-0.39, 0.29) is 11.1 Å². The van der Waals surface area contributed by atoms with E-state index in [1.54, 1.807) is 12.2 Å². The minimum Gasteiger partial charge on any atom is -0.192 e. The third-order valence-corrected chi connectivity index (χ3v) is 5.20. The Bertz CT molecular complexity index is 1140. The fourth-order valence-electron chi connectivity index (χ4n) is 2.89. The third kappa shape index (κ3) is 4.13. The van der Waals surface area contributed by atoms with Gasteiger partial charge in [-0.3, -0.25) is 0 Å². The second kappa shape index (κ2) is 8.98. The van der Waals surface area contributed by atoms with Crippen molar-refractivity contribution in [1.29, 1.82) is 21.0 Å². The summed E-state index contributed by atoms with van der Waals surface area (Å²) < 4.78 is 0. The van der Waals surface area contributed by atoms with E-state index in [2.05, 4.69) is 0 Å². The van der Waals surface area contributed by atoms with Gasteiger partial charge in [-0.1, -0.05) is 60.7 Å². The summed E-state index contributed by atoms with van der Waals surface area (Å²) in [5, 5.41) is 36.9. The topological polar surface area (TPSA) is 95.2 Å². The molecule has 0 atom stereocenters. The first-order chi connectivity index (χ1) is 14.2. The molecule has 1 aromatic heterocycles. The molecular weight excluding hydrogens is 376 g/mol. The molecule has 0 aliphatic heterocycles. The molecule has 3 rings (SSSR count). The summed E-state index contributed by atoms with van der Waals surface area (Å²) in [6, 6.07) is 26.9. The highest BCUT2D eigenvalue weighted by Gasteiger charge is 2.20. The van der Waals surface area contributed by atoms with Crippen LogP contribution in [0, 0.1) is 45.3 Å². The maximum Gasteiger partial charge on any atom is 0.131 e. The molecule has 0 saturated heterocycles. The smallest absolute Gasteiger partial charge is 0.131 e. The van der Waals surface area contributed by atoms with Crippen molar-refractivity contribution in [2.75, 3.05) is 0 Å². The van der Waals surface area contributed by atoms with Gasteiger partial charge in [0.15, 0.2) is 0 Å². The summed E-state index contributed by atoms with van der Waals surface area (Å²) in [4.78, 5) is 1.43. The molecule has 0 amide bonds. The quantitative estimate of drug-likeness (QED) is 0.516. The number of nitriles is 4. The number of allylic oxidation sites excluding steroid dienone is 2. The van der Waals surface area contributed by atoms with Crippen molar-refractivity contribution in [2.24, 2.45) is 0 Å². The molecule has 0 saturated carbocycles. The van der Waals surface area contributed by atoms with Gasteiger partial charge in [-0.05, 0) is 23.3 Å². The number of nitrogens with zero attached hydrogens (tertiary/aromatic N) is 4. The first kappa shape index (κ1) is 19.3. The van der Waals surface area contributed by atoms with Crippen molar-refractivity contribution in [2.45, 2.75) is 0 Å². The van der Waals surface area contributed by atoms with Crippen LogP contribution >= 0.6 is 11.3 Å². The Hall–Kier alpha value is -4.42. The van der Waals surface area contributed by atoms with Crippen LogP contribution in [0.15, 0.2) is 71.8 Å². The van der Waals surface area contributed by atoms with E-state index in [1.807, 2.05) is 84.9 Å². The molecule has 1 heterocycles. The van der Waals surface area contributed by atoms with Crippen LogP contribution in [0.4, 0.5) is 0 Å². The molecule has 134 valence electrons. The van der Waals surface area contributed by atoms with Crippen molar-refractivity contribution in [3.63, 3.8) is 0 Å². The zero-order valence-electron chi connectivity index (χ0n) is 15.1. The molecule has 2 aromatic carbocycles. The van der Waals surface area contributed by atoms with Crippen LogP contribution in [0.25, 0.3) is 34.4 Å². The fourth-order valence-corrected chi connectivity index (χ4v) is 4.13. The number of hydrogen-bond acceptors (Lipinski definition) is 5. The van der Waals surface area contributed by atoms with Gasteiger partial charge in [-0.2, -0.15) is 21.0 Å². The number of rotatable bonds is 4. The van der Waals surface area contributed by atoms with Crippen LogP contribution in [0.3, 0.4) is 0 Å². The van der Waals surface area contributed by atoms with E-state index in [1.165, 1.54) is 11.3 Å². The first-order valence-corrected chi connectivity index (χ1v) is 9.35. The minimum atomic E-state index is -0.0145. The largest absolute Gasteiger partial charge is 0.192 e. The first-order valence-electron chi connectivity index (χ1n) is 8.53. The van der Waals surface area contributed by atoms with Gasteiger partial charge in [-0.25, -0.2) is 0 Å². The van der Waals surface area contributed by atoms with Crippen molar-refractivity contribution in [3.05, 3.63) is 81.6 Å². The molecule has 0 N–H and O–H groups in total. The summed E-state index contributed by atoms with van der Waals surface area (Å²) in [6.45, 7) is 0. The Morgan fingerprint density at radius 3 is 1.24 bits per heavy atom. The normalized spacial score (nSPS) is 9.24. The molecule has 0 spiro atoms. The second-order valence-electron chi connectivity index (χ2n) is 5.88. The van der Waals surface area contributed by atoms with E-state index < -0.39 is 0 Å². The minimum absolute atomic E-state index is 0.0145. The van der Waals surface area contributed by atoms with Gasteiger partial charge < -0.3 is 0 Å². The van der Waals surface area contributed by atoms with Crippen LogP contribution in [0.2, 0.25) is 0 Å². The average Bonchev–Trinajstić information content (AvgIpc) is 3.14. The highest BCUT2D eigenvalue weighted by Crippen LogP contribution is 2.45. The SMILES string of the molecule is N#CC(C#N)=Cc1sc(C=C(C#N)C#N)c(-c2ccccc2)c1-c1ccccc1. The third-order valence-electron chi connectivity index (χ3n) is 4.12. The summed E-state index contributed by atoms with van der Waals surface area (Å²) in [7, 11) is 0. The molecule has 3 aromatic rings. The maximum absolute atomic E-state index is 9.23. The monoisotopic (exact) mass is 388 g/mol. The second-order valence-corrected chi connectivity index (χ2v) is 6.96. The molecule has 0 radical (unpaired) electrons. The Labute approximate surface area is 172 Å². The molecule has 0 fully saturated rings. The van der Waals surface area contributed by atoms with Gasteiger partial charge in [0.25, 0.3) is 0 Å². The standard InChI is InChI=1S/C24H12N4S/c25-13-17(14-26)11-21-23(19-7-3-1-4-8-19)24(20-9-5-2-6-10-20)22(29-21)12-18(15-27)16-28/h1-12H. The van der Waals surface area contributed by atoms with Gasteiger partial charge in [-0.15, -0.1) is 11.3 Å². The lowest BCUT2D eigenvalue weighted by molar-refractivity contribution is 1.47. The van der Waals surface area contributed by atoms with E-state index in [4.69, 9.17) is 0 Å². The van der Waals surface area contributed by atoms with Crippen molar-refractivity contribution >= 4 is 23.5 Å². The molecule has 0 aliphatic carbocycles. The van der Waals surface area contributed by atoms with E-state index in [0.717, 1.165) is 32.0 Å². The predicted molar refractivity (Wildman–Crippen MR) is 114 cm³/mol. The Kier molecular flexibility index (Phi) is 5.99. The van der Waals surface area contributed by atoms with Crippen LogP contribution in [0.5, 0.6) is 0 Å². The summed E-state index contributed by atoms with van der Waals surface area (Å²) in [5.41, 5.74) is 3.51. The molecular formula is C24H12N4S. The number of benzene rings is 2. The lowest BCUT2D eigenvalue weighted by Crippen LogP contribution is -1.85. The Balaban J connectivity index is 2.44. The van der Waals surface area contributed by atoms with Crippen LogP contribution in [-0.4, -0.2) is 0 Å². The molecule has 0 unspecified atom stereocenters. The van der Waals surface area contributed by atoms with Crippen LogP contribution in [0.1, 0.15) is 9.75 Å². The van der Waals surface area contributed by atoms with Gasteiger partial charge in [0.05, 0.1) is 0 Å². The van der Waals surface area contributed by atoms with Gasteiger partial charge >= 0.3 is 0 Å². The lowest BCUT2D eigenvalue weighted by atomic mass is 9.94. The fraction of sp³-hybridized carbons (Fsp3) is 0. The van der Waals surface area contributed by atoms with Crippen molar-refractivity contribution in [3.8, 4) is 46.5 Å². The van der Waals surface area contributed by atoms with Gasteiger partial charge in [0, 0.05) is 20.9 Å². The lowest BCUT2D eigenvalue weighted by Gasteiger charge is -2.08. The van der Waals surface area contributed by atoms with Crippen LogP contribution < -0.4 is 0 Å². The summed E-state index contributed by atoms with van der Waals surface area (Å²) >= 11 is 1.34. The Morgan fingerprint density at radius 1 is 0.586 bits per heavy atom. The molecule has 0 bridgehead atoms. The highest BCUT2D eigenvalue weighted by molar-refractivity contribution is 7.15. The molecule has 5 heteroatoms. The predicted octanol–water partition coefficient (Wildman–Crippen LogP) is 5.94. The van der Waals surface area contributed by atoms with Gasteiger partial charge in [0.2, 0.25) is 0 Å². The number of hydrogen-bond donors (Lipinski definition) is 0. The van der Waals surface area contributed by atoms with E-state index in [0.29, 0.717) is 0 Å². The van der Waals surface area contributed by atoms with Crippen molar-refractivity contribution in [1.82, 2.24) is 0 Å². The highest BCUT2D eigenvalue weighted by atomic mass is 32.1. The maximum atomic E-state index is 9.23. The van der Waals surface area contributed by atoms with Crippen LogP contribution in [-0.2, 0) is 0 Å². The van der Waals surface area contributed by atoms with Gasteiger partial charge in [0.1, 0.15) is 35.4 Å². The summed E-state index contributed by atoms with van der Waals surface area (Å²) in [5.74, 6) is 0. The zero-order valence-corrected chi connectivity index (χ0v) is 15.9. The van der Waals surface area contributed by atoms with Crippen molar-refractivity contribution < 1.29 is 0 Å². The average molecular weight is 388 g/mol. The molecule has 0 aliphatic rings. The Morgan fingerprint density at radius 2 is 0.931 bits per heavy atom. The van der Waals surface area contributed by atoms with E-state index in [9.17, 15) is 21.0 Å². The number of thiophene rings is 1.